The first-order chi connectivity index (χ1) is 8.22. The van der Waals surface area contributed by atoms with Crippen LogP contribution in [-0.4, -0.2) is 23.2 Å². The number of anilines is 1. The van der Waals surface area contributed by atoms with Crippen LogP contribution in [0.5, 0.6) is 0 Å². The second-order valence-electron chi connectivity index (χ2n) is 3.51. The number of hydrogen-bond donors (Lipinski definition) is 1. The monoisotopic (exact) mass is 226 g/mol. The van der Waals surface area contributed by atoms with Crippen molar-refractivity contribution in [2.24, 2.45) is 0 Å². The number of nitrogens with one attached hydrogen (secondary N) is 1. The minimum Gasteiger partial charge on any atom is -0.311 e. The average Bonchev–Trinajstić information content (AvgIpc) is 2.91. The summed E-state index contributed by atoms with van der Waals surface area (Å²) >= 11 is 0. The summed E-state index contributed by atoms with van der Waals surface area (Å²) in [6.07, 6.45) is 3.02. The number of carbonyl (C=O) groups is 1. The Labute approximate surface area is 98.3 Å². The van der Waals surface area contributed by atoms with Crippen molar-refractivity contribution < 1.29 is 4.79 Å². The van der Waals surface area contributed by atoms with Gasteiger partial charge in [0.15, 0.2) is 0 Å². The van der Waals surface area contributed by atoms with E-state index in [0.717, 1.165) is 5.69 Å². The van der Waals surface area contributed by atoms with E-state index in [1.165, 1.54) is 11.1 Å². The van der Waals surface area contributed by atoms with Gasteiger partial charge in [0, 0.05) is 18.9 Å². The predicted molar refractivity (Wildman–Crippen MR) is 62.5 cm³/mol. The van der Waals surface area contributed by atoms with Gasteiger partial charge in [0.2, 0.25) is 0 Å². The number of carbonyl (C=O) groups excluding carboxylic acids is 1. The third kappa shape index (κ3) is 2.16. The third-order valence-electron chi connectivity index (χ3n) is 2.43. The molecule has 0 unspecified atom stereocenters. The molecule has 0 aliphatic carbocycles. The number of nitrogens with zero attached hydrogens (tertiary/aromatic N) is 3. The first kappa shape index (κ1) is 10.9. The van der Waals surface area contributed by atoms with Gasteiger partial charge in [0.1, 0.15) is 0 Å². The fraction of sp³-hybridized carbons (Fsp3) is 0.0833. The van der Waals surface area contributed by atoms with Crippen LogP contribution >= 0.6 is 0 Å². The molecular formula is C12H10N4O. The normalized spacial score (nSPS) is 9.65. The smallest absolute Gasteiger partial charge is 0.261 e. The van der Waals surface area contributed by atoms with E-state index in [-0.39, 0.29) is 5.91 Å². The number of aromatic amines is 1. The summed E-state index contributed by atoms with van der Waals surface area (Å²) in [6.45, 7) is 0. The van der Waals surface area contributed by atoms with Crippen molar-refractivity contribution in [3.05, 3.63) is 47.8 Å². The van der Waals surface area contributed by atoms with Gasteiger partial charge >= 0.3 is 0 Å². The van der Waals surface area contributed by atoms with Gasteiger partial charge in [-0.15, -0.1) is 0 Å². The molecule has 1 heterocycles. The summed E-state index contributed by atoms with van der Waals surface area (Å²) in [5.74, 6) is -0.150. The SMILES string of the molecule is CN(C(=O)c1cn[nH]c1)c1ccc(C#N)cc1. The lowest BCUT2D eigenvalue weighted by molar-refractivity contribution is 0.0993. The van der Waals surface area contributed by atoms with Crippen molar-refractivity contribution in [1.29, 1.82) is 5.26 Å². The van der Waals surface area contributed by atoms with Crippen LogP contribution in [0.1, 0.15) is 15.9 Å². The highest BCUT2D eigenvalue weighted by Gasteiger charge is 2.13. The Kier molecular flexibility index (Phi) is 2.88. The maximum atomic E-state index is 12.0. The highest BCUT2D eigenvalue weighted by atomic mass is 16.2. The van der Waals surface area contributed by atoms with Crippen molar-refractivity contribution in [3.8, 4) is 6.07 Å². The van der Waals surface area contributed by atoms with Gasteiger partial charge in [-0.05, 0) is 24.3 Å². The van der Waals surface area contributed by atoms with Crippen LogP contribution in [0.25, 0.3) is 0 Å². The summed E-state index contributed by atoms with van der Waals surface area (Å²) in [4.78, 5) is 13.5. The zero-order valence-electron chi connectivity index (χ0n) is 9.21. The minimum absolute atomic E-state index is 0.150. The second-order valence-corrected chi connectivity index (χ2v) is 3.51. The molecule has 0 fully saturated rings. The topological polar surface area (TPSA) is 72.8 Å². The number of amides is 1. The molecule has 2 aromatic rings. The molecule has 1 amide bonds. The molecule has 1 N–H and O–H groups in total. The number of rotatable bonds is 2. The molecule has 0 aliphatic rings. The standard InChI is InChI=1S/C12H10N4O/c1-16(12(17)10-7-14-15-8-10)11-4-2-9(6-13)3-5-11/h2-5,7-8H,1H3,(H,14,15). The zero-order chi connectivity index (χ0) is 12.3. The van der Waals surface area contributed by atoms with E-state index >= 15 is 0 Å². The first-order valence-electron chi connectivity index (χ1n) is 4.99. The largest absolute Gasteiger partial charge is 0.311 e. The summed E-state index contributed by atoms with van der Waals surface area (Å²) in [7, 11) is 1.68. The van der Waals surface area contributed by atoms with Gasteiger partial charge in [-0.25, -0.2) is 0 Å². The molecule has 5 heteroatoms. The van der Waals surface area contributed by atoms with Gasteiger partial charge in [0.25, 0.3) is 5.91 Å². The fourth-order valence-corrected chi connectivity index (χ4v) is 1.44. The molecule has 84 valence electrons. The molecule has 5 nitrogen and oxygen atoms in total. The van der Waals surface area contributed by atoms with Gasteiger partial charge in [0.05, 0.1) is 23.4 Å². The molecule has 0 saturated carbocycles. The van der Waals surface area contributed by atoms with Crippen molar-refractivity contribution in [1.82, 2.24) is 10.2 Å². The maximum Gasteiger partial charge on any atom is 0.261 e. The van der Waals surface area contributed by atoms with Crippen LogP contribution in [0.2, 0.25) is 0 Å². The van der Waals surface area contributed by atoms with Gasteiger partial charge in [-0.2, -0.15) is 10.4 Å². The Balaban J connectivity index is 2.22. The lowest BCUT2D eigenvalue weighted by atomic mass is 10.2. The van der Waals surface area contributed by atoms with Crippen LogP contribution in [0.3, 0.4) is 0 Å². The highest BCUT2D eigenvalue weighted by molar-refractivity contribution is 6.05. The summed E-state index contributed by atoms with van der Waals surface area (Å²) in [5, 5.41) is 15.0. The predicted octanol–water partition coefficient (Wildman–Crippen LogP) is 1.56. The summed E-state index contributed by atoms with van der Waals surface area (Å²) in [6, 6.07) is 8.85. The molecule has 1 aromatic carbocycles. The van der Waals surface area contributed by atoms with Crippen molar-refractivity contribution in [3.63, 3.8) is 0 Å². The number of benzene rings is 1. The number of nitriles is 1. The molecule has 0 radical (unpaired) electrons. The van der Waals surface area contributed by atoms with Gasteiger partial charge < -0.3 is 4.90 Å². The molecule has 0 spiro atoms. The van der Waals surface area contributed by atoms with Crippen LogP contribution in [0.15, 0.2) is 36.7 Å². The van der Waals surface area contributed by atoms with Crippen LogP contribution in [-0.2, 0) is 0 Å². The summed E-state index contributed by atoms with van der Waals surface area (Å²) < 4.78 is 0. The Morgan fingerprint density at radius 2 is 2.12 bits per heavy atom. The number of hydrogen-bond acceptors (Lipinski definition) is 3. The minimum atomic E-state index is -0.150. The number of H-pyrrole nitrogens is 1. The Hall–Kier alpha value is -2.61. The molecule has 1 aromatic heterocycles. The molecule has 0 atom stereocenters. The Morgan fingerprint density at radius 3 is 2.65 bits per heavy atom. The van der Waals surface area contributed by atoms with Gasteiger partial charge in [-0.3, -0.25) is 9.89 Å². The third-order valence-corrected chi connectivity index (χ3v) is 2.43. The molecule has 0 bridgehead atoms. The van der Waals surface area contributed by atoms with Gasteiger partial charge in [-0.1, -0.05) is 0 Å². The van der Waals surface area contributed by atoms with E-state index in [9.17, 15) is 4.79 Å². The molecule has 0 saturated heterocycles. The molecular weight excluding hydrogens is 216 g/mol. The first-order valence-corrected chi connectivity index (χ1v) is 4.99. The van der Waals surface area contributed by atoms with E-state index in [0.29, 0.717) is 11.1 Å². The van der Waals surface area contributed by atoms with Crippen molar-refractivity contribution in [2.45, 2.75) is 0 Å². The number of aromatic nitrogens is 2. The van der Waals surface area contributed by atoms with E-state index in [4.69, 9.17) is 5.26 Å². The van der Waals surface area contributed by atoms with E-state index in [2.05, 4.69) is 10.2 Å². The van der Waals surface area contributed by atoms with E-state index in [1.54, 1.807) is 37.5 Å². The van der Waals surface area contributed by atoms with Crippen LogP contribution in [0.4, 0.5) is 5.69 Å². The second kappa shape index (κ2) is 4.49. The average molecular weight is 226 g/mol. The van der Waals surface area contributed by atoms with Crippen LogP contribution in [0, 0.1) is 11.3 Å². The highest BCUT2D eigenvalue weighted by Crippen LogP contribution is 2.15. The Bertz CT molecular complexity index is 551. The molecule has 0 aliphatic heterocycles. The lowest BCUT2D eigenvalue weighted by Crippen LogP contribution is -2.25. The Morgan fingerprint density at radius 1 is 1.41 bits per heavy atom. The van der Waals surface area contributed by atoms with Crippen molar-refractivity contribution in [2.75, 3.05) is 11.9 Å². The van der Waals surface area contributed by atoms with E-state index in [1.807, 2.05) is 6.07 Å². The summed E-state index contributed by atoms with van der Waals surface area (Å²) in [5.41, 5.74) is 1.80. The fourth-order valence-electron chi connectivity index (χ4n) is 1.44. The van der Waals surface area contributed by atoms with Crippen molar-refractivity contribution >= 4 is 11.6 Å². The quantitative estimate of drug-likeness (QED) is 0.844. The molecule has 17 heavy (non-hydrogen) atoms. The van der Waals surface area contributed by atoms with Crippen LogP contribution < -0.4 is 4.90 Å². The maximum absolute atomic E-state index is 12.0. The lowest BCUT2D eigenvalue weighted by Gasteiger charge is -2.16. The van der Waals surface area contributed by atoms with E-state index < -0.39 is 0 Å². The molecule has 2 rings (SSSR count). The zero-order valence-corrected chi connectivity index (χ0v) is 9.21.